The van der Waals surface area contributed by atoms with Crippen LogP contribution in [0.4, 0.5) is 0 Å². The van der Waals surface area contributed by atoms with Crippen molar-refractivity contribution in [3.63, 3.8) is 0 Å². The van der Waals surface area contributed by atoms with Gasteiger partial charge in [0.25, 0.3) is 0 Å². The zero-order chi connectivity index (χ0) is 15.6. The van der Waals surface area contributed by atoms with Crippen molar-refractivity contribution in [2.24, 2.45) is 0 Å². The van der Waals surface area contributed by atoms with Crippen LogP contribution in [0.5, 0.6) is 0 Å². The number of halogens is 2. The molecule has 0 aliphatic carbocycles. The third-order valence-electron chi connectivity index (χ3n) is 3.23. The summed E-state index contributed by atoms with van der Waals surface area (Å²) in [4.78, 5) is 14.8. The number of esters is 1. The van der Waals surface area contributed by atoms with Crippen molar-refractivity contribution in [3.8, 4) is 0 Å². The number of benzene rings is 1. The Morgan fingerprint density at radius 1 is 1.43 bits per heavy atom. The Labute approximate surface area is 144 Å². The van der Waals surface area contributed by atoms with Crippen LogP contribution in [-0.2, 0) is 4.74 Å². The summed E-state index contributed by atoms with van der Waals surface area (Å²) in [5.74, 6) is -0.406. The van der Waals surface area contributed by atoms with Crippen molar-refractivity contribution < 1.29 is 9.53 Å². The predicted octanol–water partition coefficient (Wildman–Crippen LogP) is 4.86. The number of carbonyl (C=O) groups excluding carboxylic acids is 1. The van der Waals surface area contributed by atoms with Gasteiger partial charge in [-0.15, -0.1) is 0 Å². The van der Waals surface area contributed by atoms with Gasteiger partial charge in [0, 0.05) is 15.1 Å². The Morgan fingerprint density at radius 3 is 2.71 bits per heavy atom. The van der Waals surface area contributed by atoms with Crippen LogP contribution in [0.15, 0.2) is 33.3 Å². The van der Waals surface area contributed by atoms with E-state index in [1.807, 2.05) is 18.2 Å². The summed E-state index contributed by atoms with van der Waals surface area (Å²) in [6.07, 6.45) is 2.38. The third kappa shape index (κ3) is 3.30. The molecule has 0 aliphatic rings. The first kappa shape index (κ1) is 16.5. The molecule has 0 bridgehead atoms. The fourth-order valence-electron chi connectivity index (χ4n) is 2.24. The highest BCUT2D eigenvalue weighted by atomic mass is 79.9. The number of ether oxygens (including phenoxy) is 1. The van der Waals surface area contributed by atoms with E-state index in [2.05, 4.69) is 43.8 Å². The SMILES string of the molecule is CCC(c1ccc(Br)c(Br)c1)n1c(C(=O)OC)c[nH]c1=S. The molecule has 0 fully saturated rings. The highest BCUT2D eigenvalue weighted by Gasteiger charge is 2.21. The van der Waals surface area contributed by atoms with E-state index in [1.54, 1.807) is 10.8 Å². The molecule has 1 aromatic carbocycles. The Kier molecular flexibility index (Phi) is 5.40. The molecule has 1 N–H and O–H groups in total. The van der Waals surface area contributed by atoms with E-state index in [1.165, 1.54) is 7.11 Å². The van der Waals surface area contributed by atoms with Gasteiger partial charge in [-0.05, 0) is 68.2 Å². The molecule has 2 aromatic rings. The van der Waals surface area contributed by atoms with Crippen LogP contribution in [0.3, 0.4) is 0 Å². The van der Waals surface area contributed by atoms with E-state index in [9.17, 15) is 4.79 Å². The first-order valence-corrected chi connectivity index (χ1v) is 8.32. The molecule has 1 atom stereocenters. The summed E-state index contributed by atoms with van der Waals surface area (Å²) in [6.45, 7) is 2.05. The highest BCUT2D eigenvalue weighted by molar-refractivity contribution is 9.13. The molecule has 0 saturated carbocycles. The van der Waals surface area contributed by atoms with Crippen molar-refractivity contribution >= 4 is 50.0 Å². The standard InChI is InChI=1S/C14H14Br2N2O2S/c1-3-11(8-4-5-9(15)10(16)6-8)18-12(13(19)20-2)7-17-14(18)21/h4-7,11H,3H2,1-2H3,(H,17,21). The van der Waals surface area contributed by atoms with Crippen LogP contribution in [0.1, 0.15) is 35.4 Å². The first-order chi connectivity index (χ1) is 9.99. The van der Waals surface area contributed by atoms with Gasteiger partial charge in [-0.1, -0.05) is 13.0 Å². The zero-order valence-electron chi connectivity index (χ0n) is 11.5. The van der Waals surface area contributed by atoms with Crippen molar-refractivity contribution in [3.05, 3.63) is 49.4 Å². The van der Waals surface area contributed by atoms with Crippen molar-refractivity contribution in [2.45, 2.75) is 19.4 Å². The van der Waals surface area contributed by atoms with Crippen molar-refractivity contribution in [2.75, 3.05) is 7.11 Å². The van der Waals surface area contributed by atoms with E-state index in [4.69, 9.17) is 17.0 Å². The quantitative estimate of drug-likeness (QED) is 0.553. The molecule has 0 radical (unpaired) electrons. The maximum Gasteiger partial charge on any atom is 0.356 e. The van der Waals surface area contributed by atoms with Crippen molar-refractivity contribution in [1.82, 2.24) is 9.55 Å². The second-order valence-corrected chi connectivity index (χ2v) is 6.53. The number of carbonyl (C=O) groups is 1. The monoisotopic (exact) mass is 432 g/mol. The largest absolute Gasteiger partial charge is 0.464 e. The smallest absolute Gasteiger partial charge is 0.356 e. The lowest BCUT2D eigenvalue weighted by atomic mass is 10.0. The normalized spacial score (nSPS) is 12.2. The van der Waals surface area contributed by atoms with Crippen LogP contribution in [0, 0.1) is 4.77 Å². The van der Waals surface area contributed by atoms with Crippen LogP contribution in [0.2, 0.25) is 0 Å². The number of aromatic nitrogens is 2. The van der Waals surface area contributed by atoms with Gasteiger partial charge in [-0.3, -0.25) is 0 Å². The van der Waals surface area contributed by atoms with Crippen LogP contribution in [0.25, 0.3) is 0 Å². The molecular weight excluding hydrogens is 420 g/mol. The number of nitrogens with zero attached hydrogens (tertiary/aromatic N) is 1. The molecule has 0 saturated heterocycles. The zero-order valence-corrected chi connectivity index (χ0v) is 15.5. The summed E-state index contributed by atoms with van der Waals surface area (Å²) in [6, 6.07) is 5.96. The van der Waals surface area contributed by atoms with Crippen LogP contribution >= 0.6 is 44.1 Å². The Hall–Kier alpha value is -0.920. The molecule has 0 amide bonds. The van der Waals surface area contributed by atoms with Gasteiger partial charge in [0.15, 0.2) is 4.77 Å². The highest BCUT2D eigenvalue weighted by Crippen LogP contribution is 2.30. The van der Waals surface area contributed by atoms with Crippen molar-refractivity contribution in [1.29, 1.82) is 0 Å². The number of H-pyrrole nitrogens is 1. The maximum absolute atomic E-state index is 11.9. The average Bonchev–Trinajstić information content (AvgIpc) is 2.85. The van der Waals surface area contributed by atoms with Gasteiger partial charge >= 0.3 is 5.97 Å². The molecule has 21 heavy (non-hydrogen) atoms. The Morgan fingerprint density at radius 2 is 2.14 bits per heavy atom. The molecular formula is C14H14Br2N2O2S. The second kappa shape index (κ2) is 6.89. The molecule has 1 heterocycles. The number of nitrogens with one attached hydrogen (secondary N) is 1. The lowest BCUT2D eigenvalue weighted by molar-refractivity contribution is 0.0586. The maximum atomic E-state index is 11.9. The van der Waals surface area contributed by atoms with Gasteiger partial charge in [0.05, 0.1) is 13.2 Å². The summed E-state index contributed by atoms with van der Waals surface area (Å²) in [5.41, 5.74) is 1.49. The average molecular weight is 434 g/mol. The number of hydrogen-bond acceptors (Lipinski definition) is 3. The fraction of sp³-hybridized carbons (Fsp3) is 0.286. The van der Waals surface area contributed by atoms with Gasteiger partial charge in [-0.25, -0.2) is 4.79 Å². The van der Waals surface area contributed by atoms with Gasteiger partial charge in [0.2, 0.25) is 0 Å². The summed E-state index contributed by atoms with van der Waals surface area (Å²) in [5, 5.41) is 0. The number of rotatable bonds is 4. The molecule has 112 valence electrons. The Bertz CT molecular complexity index is 724. The third-order valence-corrected chi connectivity index (χ3v) is 5.43. The van der Waals surface area contributed by atoms with E-state index >= 15 is 0 Å². The minimum Gasteiger partial charge on any atom is -0.464 e. The second-order valence-electron chi connectivity index (χ2n) is 4.44. The molecule has 0 spiro atoms. The van der Waals surface area contributed by atoms with Crippen LogP contribution < -0.4 is 0 Å². The fourth-order valence-corrected chi connectivity index (χ4v) is 3.16. The minimum absolute atomic E-state index is 0.0396. The summed E-state index contributed by atoms with van der Waals surface area (Å²) < 4.78 is 9.06. The van der Waals surface area contributed by atoms with Crippen LogP contribution in [-0.4, -0.2) is 22.6 Å². The van der Waals surface area contributed by atoms with E-state index < -0.39 is 5.97 Å². The van der Waals surface area contributed by atoms with E-state index in [0.717, 1.165) is 20.9 Å². The number of imidazole rings is 1. The Balaban J connectivity index is 2.56. The topological polar surface area (TPSA) is 47.0 Å². The molecule has 4 nitrogen and oxygen atoms in total. The molecule has 0 aliphatic heterocycles. The van der Waals surface area contributed by atoms with Gasteiger partial charge in [-0.2, -0.15) is 0 Å². The van der Waals surface area contributed by atoms with Gasteiger partial charge in [0.1, 0.15) is 5.69 Å². The van der Waals surface area contributed by atoms with E-state index in [0.29, 0.717) is 10.5 Å². The summed E-state index contributed by atoms with van der Waals surface area (Å²) in [7, 11) is 1.36. The number of aromatic amines is 1. The minimum atomic E-state index is -0.406. The lowest BCUT2D eigenvalue weighted by Gasteiger charge is -2.20. The molecule has 7 heteroatoms. The first-order valence-electron chi connectivity index (χ1n) is 6.32. The predicted molar refractivity (Wildman–Crippen MR) is 91.2 cm³/mol. The van der Waals surface area contributed by atoms with E-state index in [-0.39, 0.29) is 6.04 Å². The summed E-state index contributed by atoms with van der Waals surface area (Å²) >= 11 is 12.3. The van der Waals surface area contributed by atoms with Gasteiger partial charge < -0.3 is 14.3 Å². The number of methoxy groups -OCH3 is 1. The molecule has 1 unspecified atom stereocenters. The number of hydrogen-bond donors (Lipinski definition) is 1. The molecule has 2 rings (SSSR count). The molecule has 1 aromatic heterocycles. The lowest BCUT2D eigenvalue weighted by Crippen LogP contribution is -2.17.